The van der Waals surface area contributed by atoms with E-state index in [4.69, 9.17) is 11.6 Å². The average molecular weight is 429 g/mol. The Morgan fingerprint density at radius 1 is 0.867 bits per heavy atom. The highest BCUT2D eigenvalue weighted by Gasteiger charge is 2.23. The van der Waals surface area contributed by atoms with E-state index < -0.39 is 0 Å². The number of nitrogens with zero attached hydrogens (tertiary/aromatic N) is 4. The lowest BCUT2D eigenvalue weighted by molar-refractivity contribution is 0.0626. The number of halogens is 1. The van der Waals surface area contributed by atoms with Crippen molar-refractivity contribution in [3.05, 3.63) is 69.1 Å². The van der Waals surface area contributed by atoms with Crippen molar-refractivity contribution >= 4 is 17.5 Å². The molecule has 2 saturated heterocycles. The highest BCUT2D eigenvalue weighted by molar-refractivity contribution is 6.31. The third-order valence-corrected chi connectivity index (χ3v) is 6.49. The number of piperazine rings is 1. The molecule has 1 amide bonds. The Bertz CT molecular complexity index is 931. The van der Waals surface area contributed by atoms with Gasteiger partial charge in [0.15, 0.2) is 0 Å². The van der Waals surface area contributed by atoms with Gasteiger partial charge in [0.25, 0.3) is 11.5 Å². The number of rotatable bonds is 6. The number of hydrogen-bond donors (Lipinski definition) is 0. The first-order valence-corrected chi connectivity index (χ1v) is 11.2. The fourth-order valence-electron chi connectivity index (χ4n) is 4.24. The van der Waals surface area contributed by atoms with Crippen molar-refractivity contribution in [2.45, 2.75) is 19.4 Å². The van der Waals surface area contributed by atoms with Gasteiger partial charge in [-0.3, -0.25) is 14.5 Å². The van der Waals surface area contributed by atoms with Gasteiger partial charge in [0, 0.05) is 56.6 Å². The summed E-state index contributed by atoms with van der Waals surface area (Å²) in [6.45, 7) is 8.25. The number of hydrogen-bond acceptors (Lipinski definition) is 4. The summed E-state index contributed by atoms with van der Waals surface area (Å²) in [7, 11) is 0. The van der Waals surface area contributed by atoms with Crippen LogP contribution in [0.15, 0.2) is 47.4 Å². The van der Waals surface area contributed by atoms with Gasteiger partial charge in [0.05, 0.1) is 12.1 Å². The van der Waals surface area contributed by atoms with Gasteiger partial charge in [-0.1, -0.05) is 29.8 Å². The fraction of sp³-hybridized carbons (Fsp3) is 0.478. The molecule has 2 aliphatic rings. The van der Waals surface area contributed by atoms with Gasteiger partial charge in [-0.25, -0.2) is 0 Å². The molecule has 2 aliphatic heterocycles. The van der Waals surface area contributed by atoms with E-state index in [-0.39, 0.29) is 11.5 Å². The lowest BCUT2D eigenvalue weighted by Gasteiger charge is -2.35. The Balaban J connectivity index is 1.35. The monoisotopic (exact) mass is 428 g/mol. The minimum atomic E-state index is -0.141. The van der Waals surface area contributed by atoms with Gasteiger partial charge in [0.2, 0.25) is 0 Å². The maximum absolute atomic E-state index is 13.0. The molecule has 1 aromatic carbocycles. The summed E-state index contributed by atoms with van der Waals surface area (Å²) in [4.78, 5) is 32.2. The molecule has 4 rings (SSSR count). The Morgan fingerprint density at radius 2 is 1.53 bits per heavy atom. The summed E-state index contributed by atoms with van der Waals surface area (Å²) in [6.07, 6.45) is 4.30. The van der Waals surface area contributed by atoms with Crippen LogP contribution in [-0.4, -0.2) is 77.5 Å². The van der Waals surface area contributed by atoms with Crippen LogP contribution < -0.4 is 5.56 Å². The molecule has 0 bridgehead atoms. The van der Waals surface area contributed by atoms with E-state index >= 15 is 0 Å². The van der Waals surface area contributed by atoms with Gasteiger partial charge in [-0.05, 0) is 43.6 Å². The number of carbonyl (C=O) groups excluding carboxylic acids is 1. The minimum absolute atomic E-state index is 0.0119. The Kier molecular flexibility index (Phi) is 6.87. The zero-order chi connectivity index (χ0) is 20.9. The van der Waals surface area contributed by atoms with Crippen LogP contribution in [0.5, 0.6) is 0 Å². The Labute approximate surface area is 182 Å². The van der Waals surface area contributed by atoms with Crippen LogP contribution in [0.4, 0.5) is 0 Å². The first-order chi connectivity index (χ1) is 14.6. The lowest BCUT2D eigenvalue weighted by atomic mass is 10.2. The molecular weight excluding hydrogens is 400 g/mol. The molecule has 2 aromatic rings. The summed E-state index contributed by atoms with van der Waals surface area (Å²) >= 11 is 6.23. The molecule has 160 valence electrons. The highest BCUT2D eigenvalue weighted by Crippen LogP contribution is 2.16. The minimum Gasteiger partial charge on any atom is -0.336 e. The molecule has 0 aliphatic carbocycles. The second-order valence-corrected chi connectivity index (χ2v) is 8.57. The zero-order valence-corrected chi connectivity index (χ0v) is 18.1. The summed E-state index contributed by atoms with van der Waals surface area (Å²) in [6, 6.07) is 10.6. The molecule has 2 fully saturated rings. The molecule has 0 unspecified atom stereocenters. The van der Waals surface area contributed by atoms with E-state index in [0.29, 0.717) is 17.1 Å². The third kappa shape index (κ3) is 5.12. The van der Waals surface area contributed by atoms with Crippen LogP contribution in [0.1, 0.15) is 28.8 Å². The first kappa shape index (κ1) is 21.1. The maximum atomic E-state index is 13.0. The summed E-state index contributed by atoms with van der Waals surface area (Å²) in [5, 5.41) is 0.617. The molecular formula is C23H29ClN4O2. The van der Waals surface area contributed by atoms with E-state index in [2.05, 4.69) is 9.80 Å². The summed E-state index contributed by atoms with van der Waals surface area (Å²) in [5.41, 5.74) is 1.27. The van der Waals surface area contributed by atoms with Crippen LogP contribution >= 0.6 is 11.6 Å². The molecule has 0 N–H and O–H groups in total. The Hall–Kier alpha value is -2.15. The molecule has 0 spiro atoms. The van der Waals surface area contributed by atoms with Crippen LogP contribution in [0.2, 0.25) is 5.02 Å². The SMILES string of the molecule is O=C(c1ccc(=O)n(Cc2ccccc2Cl)c1)N1CCN(CCN2CCCC2)CC1. The van der Waals surface area contributed by atoms with E-state index in [1.54, 1.807) is 22.9 Å². The lowest BCUT2D eigenvalue weighted by Crippen LogP contribution is -2.50. The molecule has 6 nitrogen and oxygen atoms in total. The van der Waals surface area contributed by atoms with Crippen molar-refractivity contribution in [3.63, 3.8) is 0 Å². The number of likely N-dealkylation sites (tertiary alicyclic amines) is 1. The molecule has 0 atom stereocenters. The van der Waals surface area contributed by atoms with Gasteiger partial charge < -0.3 is 14.4 Å². The fourth-order valence-corrected chi connectivity index (χ4v) is 4.43. The Morgan fingerprint density at radius 3 is 2.23 bits per heavy atom. The van der Waals surface area contributed by atoms with Crippen molar-refractivity contribution in [2.75, 3.05) is 52.4 Å². The molecule has 0 saturated carbocycles. The van der Waals surface area contributed by atoms with Gasteiger partial charge >= 0.3 is 0 Å². The van der Waals surface area contributed by atoms with Crippen molar-refractivity contribution in [2.24, 2.45) is 0 Å². The average Bonchev–Trinajstić information content (AvgIpc) is 3.29. The first-order valence-electron chi connectivity index (χ1n) is 10.8. The topological polar surface area (TPSA) is 48.8 Å². The van der Waals surface area contributed by atoms with Gasteiger partial charge in [0.1, 0.15) is 0 Å². The predicted octanol–water partition coefficient (Wildman–Crippen LogP) is 2.40. The molecule has 30 heavy (non-hydrogen) atoms. The van der Waals surface area contributed by atoms with E-state index in [0.717, 1.165) is 44.8 Å². The predicted molar refractivity (Wildman–Crippen MR) is 119 cm³/mol. The second kappa shape index (κ2) is 9.77. The molecule has 0 radical (unpaired) electrons. The third-order valence-electron chi connectivity index (χ3n) is 6.12. The van der Waals surface area contributed by atoms with Crippen LogP contribution in [0.3, 0.4) is 0 Å². The molecule has 7 heteroatoms. The van der Waals surface area contributed by atoms with Crippen LogP contribution in [0.25, 0.3) is 0 Å². The number of aromatic nitrogens is 1. The van der Waals surface area contributed by atoms with Gasteiger partial charge in [-0.2, -0.15) is 0 Å². The smallest absolute Gasteiger partial charge is 0.255 e. The zero-order valence-electron chi connectivity index (χ0n) is 17.3. The van der Waals surface area contributed by atoms with E-state index in [1.807, 2.05) is 23.1 Å². The van der Waals surface area contributed by atoms with E-state index in [1.165, 1.54) is 32.0 Å². The van der Waals surface area contributed by atoms with Crippen molar-refractivity contribution in [1.82, 2.24) is 19.3 Å². The number of benzene rings is 1. The number of carbonyl (C=O) groups is 1. The largest absolute Gasteiger partial charge is 0.336 e. The van der Waals surface area contributed by atoms with Crippen LogP contribution in [0, 0.1) is 0 Å². The van der Waals surface area contributed by atoms with Crippen molar-refractivity contribution < 1.29 is 4.79 Å². The normalized spacial score (nSPS) is 18.1. The summed E-state index contributed by atoms with van der Waals surface area (Å²) in [5.74, 6) is -0.0119. The summed E-state index contributed by atoms with van der Waals surface area (Å²) < 4.78 is 1.56. The highest BCUT2D eigenvalue weighted by atomic mass is 35.5. The quantitative estimate of drug-likeness (QED) is 0.709. The van der Waals surface area contributed by atoms with E-state index in [9.17, 15) is 9.59 Å². The number of amides is 1. The molecule has 3 heterocycles. The number of pyridine rings is 1. The molecule has 1 aromatic heterocycles. The van der Waals surface area contributed by atoms with Crippen molar-refractivity contribution in [3.8, 4) is 0 Å². The van der Waals surface area contributed by atoms with Crippen molar-refractivity contribution in [1.29, 1.82) is 0 Å². The maximum Gasteiger partial charge on any atom is 0.255 e. The second-order valence-electron chi connectivity index (χ2n) is 8.16. The van der Waals surface area contributed by atoms with Gasteiger partial charge in [-0.15, -0.1) is 0 Å². The van der Waals surface area contributed by atoms with Crippen LogP contribution in [-0.2, 0) is 6.54 Å². The standard InChI is InChI=1S/C23H29ClN4O2/c24-21-6-2-1-5-19(21)17-28-18-20(7-8-22(28)29)23(30)27-15-13-26(14-16-27)12-11-25-9-3-4-10-25/h1-2,5-8,18H,3-4,9-17H2.